The Kier molecular flexibility index (Phi) is 4.53. The van der Waals surface area contributed by atoms with E-state index in [0.717, 1.165) is 22.2 Å². The number of thioether (sulfide) groups is 1. The van der Waals surface area contributed by atoms with Gasteiger partial charge in [0.15, 0.2) is 5.17 Å². The van der Waals surface area contributed by atoms with Crippen molar-refractivity contribution in [3.8, 4) is 0 Å². The minimum atomic E-state index is -0.230. The molecule has 1 aliphatic heterocycles. The lowest BCUT2D eigenvalue weighted by atomic mass is 10.1. The van der Waals surface area contributed by atoms with Crippen LogP contribution < -0.4 is 0 Å². The number of benzene rings is 2. The number of halogens is 1. The van der Waals surface area contributed by atoms with Gasteiger partial charge in [-0.05, 0) is 23.3 Å². The maximum atomic E-state index is 13.0. The lowest BCUT2D eigenvalue weighted by molar-refractivity contribution is 0.550. The zero-order valence-corrected chi connectivity index (χ0v) is 13.1. The van der Waals surface area contributed by atoms with Crippen LogP contribution in [0, 0.1) is 5.82 Å². The monoisotopic (exact) mass is 313 g/mol. The first-order chi connectivity index (χ1) is 10.7. The standard InChI is InChI=1S/C17H16FN3S/c1-21-17(19-11-13-5-3-2-4-6-13)22-12-16(20-21)14-7-9-15(18)10-8-14/h2-10H,11-12H2,1H3. The summed E-state index contributed by atoms with van der Waals surface area (Å²) in [6.07, 6.45) is 0. The largest absolute Gasteiger partial charge is 0.256 e. The predicted molar refractivity (Wildman–Crippen MR) is 90.7 cm³/mol. The smallest absolute Gasteiger partial charge is 0.180 e. The number of hydrogen-bond donors (Lipinski definition) is 0. The van der Waals surface area contributed by atoms with Crippen molar-refractivity contribution in [1.82, 2.24) is 5.01 Å². The molecule has 3 rings (SSSR count). The van der Waals surface area contributed by atoms with Gasteiger partial charge in [-0.25, -0.2) is 9.40 Å². The topological polar surface area (TPSA) is 28.0 Å². The van der Waals surface area contributed by atoms with E-state index in [2.05, 4.69) is 22.2 Å². The maximum Gasteiger partial charge on any atom is 0.180 e. The van der Waals surface area contributed by atoms with Crippen LogP contribution in [0.15, 0.2) is 64.7 Å². The summed E-state index contributed by atoms with van der Waals surface area (Å²) < 4.78 is 13.0. The Morgan fingerprint density at radius 1 is 1.14 bits per heavy atom. The SMILES string of the molecule is CN1N=C(c2ccc(F)cc2)CSC1=NCc1ccccc1. The summed E-state index contributed by atoms with van der Waals surface area (Å²) in [5.74, 6) is 0.509. The molecule has 0 N–H and O–H groups in total. The Bertz CT molecular complexity index is 696. The molecule has 0 aromatic heterocycles. The molecule has 2 aromatic rings. The predicted octanol–water partition coefficient (Wildman–Crippen LogP) is 3.76. The Morgan fingerprint density at radius 2 is 1.86 bits per heavy atom. The fraction of sp³-hybridized carbons (Fsp3) is 0.176. The Hall–Kier alpha value is -2.14. The number of nitrogens with zero attached hydrogens (tertiary/aromatic N) is 3. The molecule has 0 aliphatic carbocycles. The lowest BCUT2D eigenvalue weighted by Gasteiger charge is -2.22. The normalized spacial score (nSPS) is 16.7. The van der Waals surface area contributed by atoms with Gasteiger partial charge in [0.05, 0.1) is 12.3 Å². The average Bonchev–Trinajstić information content (AvgIpc) is 2.55. The zero-order chi connectivity index (χ0) is 15.4. The highest BCUT2D eigenvalue weighted by atomic mass is 32.2. The van der Waals surface area contributed by atoms with Crippen LogP contribution in [0.1, 0.15) is 11.1 Å². The third kappa shape index (κ3) is 3.54. The summed E-state index contributed by atoms with van der Waals surface area (Å²) in [7, 11) is 1.89. The van der Waals surface area contributed by atoms with Gasteiger partial charge in [-0.1, -0.05) is 54.2 Å². The van der Waals surface area contributed by atoms with Crippen molar-refractivity contribution in [2.24, 2.45) is 10.1 Å². The molecule has 22 heavy (non-hydrogen) atoms. The first kappa shape index (κ1) is 14.8. The van der Waals surface area contributed by atoms with Crippen molar-refractivity contribution in [2.45, 2.75) is 6.54 Å². The molecular weight excluding hydrogens is 297 g/mol. The highest BCUT2D eigenvalue weighted by molar-refractivity contribution is 8.14. The second-order valence-corrected chi connectivity index (χ2v) is 5.89. The van der Waals surface area contributed by atoms with Crippen LogP contribution in [0.4, 0.5) is 4.39 Å². The van der Waals surface area contributed by atoms with Gasteiger partial charge in [-0.3, -0.25) is 4.99 Å². The summed E-state index contributed by atoms with van der Waals surface area (Å²) in [4.78, 5) is 4.62. The Balaban J connectivity index is 1.72. The van der Waals surface area contributed by atoms with Crippen LogP contribution in [-0.4, -0.2) is 28.7 Å². The van der Waals surface area contributed by atoms with E-state index in [0.29, 0.717) is 6.54 Å². The summed E-state index contributed by atoms with van der Waals surface area (Å²) in [6.45, 7) is 0.648. The second-order valence-electron chi connectivity index (χ2n) is 4.95. The fourth-order valence-corrected chi connectivity index (χ4v) is 3.03. The van der Waals surface area contributed by atoms with Crippen molar-refractivity contribution >= 4 is 22.6 Å². The summed E-state index contributed by atoms with van der Waals surface area (Å²) >= 11 is 1.65. The van der Waals surface area contributed by atoms with E-state index < -0.39 is 0 Å². The summed E-state index contributed by atoms with van der Waals surface area (Å²) in [5.41, 5.74) is 3.06. The molecule has 5 heteroatoms. The first-order valence-corrected chi connectivity index (χ1v) is 7.99. The number of amidine groups is 1. The molecule has 0 saturated carbocycles. The van der Waals surface area contributed by atoms with Crippen LogP contribution in [0.2, 0.25) is 0 Å². The fourth-order valence-electron chi connectivity index (χ4n) is 2.15. The Morgan fingerprint density at radius 3 is 2.55 bits per heavy atom. The molecule has 0 fully saturated rings. The molecule has 0 bridgehead atoms. The molecule has 0 radical (unpaired) electrons. The van der Waals surface area contributed by atoms with Crippen LogP contribution in [0.25, 0.3) is 0 Å². The summed E-state index contributed by atoms with van der Waals surface area (Å²) in [5, 5.41) is 7.24. The van der Waals surface area contributed by atoms with E-state index in [1.54, 1.807) is 28.9 Å². The number of hydrazone groups is 1. The second kappa shape index (κ2) is 6.75. The lowest BCUT2D eigenvalue weighted by Crippen LogP contribution is -2.27. The molecule has 1 heterocycles. The van der Waals surface area contributed by atoms with Crippen LogP contribution in [0.3, 0.4) is 0 Å². The number of aliphatic imine (C=N–C) groups is 1. The van der Waals surface area contributed by atoms with E-state index in [1.807, 2.05) is 25.2 Å². The van der Waals surface area contributed by atoms with Crippen LogP contribution in [-0.2, 0) is 6.54 Å². The minimum Gasteiger partial charge on any atom is -0.256 e. The molecule has 0 unspecified atom stereocenters. The van der Waals surface area contributed by atoms with Crippen molar-refractivity contribution in [1.29, 1.82) is 0 Å². The van der Waals surface area contributed by atoms with Crippen LogP contribution in [0.5, 0.6) is 0 Å². The highest BCUT2D eigenvalue weighted by Gasteiger charge is 2.17. The average molecular weight is 313 g/mol. The molecule has 2 aromatic carbocycles. The first-order valence-electron chi connectivity index (χ1n) is 7.01. The van der Waals surface area contributed by atoms with Gasteiger partial charge in [0.2, 0.25) is 0 Å². The molecule has 0 atom stereocenters. The number of rotatable bonds is 3. The van der Waals surface area contributed by atoms with E-state index in [9.17, 15) is 4.39 Å². The summed E-state index contributed by atoms with van der Waals surface area (Å²) in [6, 6.07) is 16.6. The van der Waals surface area contributed by atoms with Crippen molar-refractivity contribution in [3.05, 3.63) is 71.5 Å². The number of hydrogen-bond acceptors (Lipinski definition) is 3. The highest BCUT2D eigenvalue weighted by Crippen LogP contribution is 2.19. The Labute approximate surface area is 133 Å². The maximum absolute atomic E-state index is 13.0. The van der Waals surface area contributed by atoms with Crippen molar-refractivity contribution in [3.63, 3.8) is 0 Å². The molecule has 0 spiro atoms. The molecule has 3 nitrogen and oxygen atoms in total. The van der Waals surface area contributed by atoms with Gasteiger partial charge in [0.25, 0.3) is 0 Å². The molecular formula is C17H16FN3S. The third-order valence-corrected chi connectivity index (χ3v) is 4.37. The van der Waals surface area contributed by atoms with E-state index in [1.165, 1.54) is 17.7 Å². The zero-order valence-electron chi connectivity index (χ0n) is 12.2. The van der Waals surface area contributed by atoms with Gasteiger partial charge >= 0.3 is 0 Å². The van der Waals surface area contributed by atoms with Crippen molar-refractivity contribution in [2.75, 3.05) is 12.8 Å². The quantitative estimate of drug-likeness (QED) is 0.863. The van der Waals surface area contributed by atoms with Gasteiger partial charge in [-0.2, -0.15) is 5.10 Å². The minimum absolute atomic E-state index is 0.230. The van der Waals surface area contributed by atoms with Gasteiger partial charge in [-0.15, -0.1) is 0 Å². The molecule has 0 amide bonds. The third-order valence-electron chi connectivity index (χ3n) is 3.30. The van der Waals surface area contributed by atoms with Gasteiger partial charge in [0.1, 0.15) is 5.82 Å². The van der Waals surface area contributed by atoms with E-state index in [4.69, 9.17) is 0 Å². The van der Waals surface area contributed by atoms with Crippen molar-refractivity contribution < 1.29 is 4.39 Å². The van der Waals surface area contributed by atoms with Crippen LogP contribution >= 0.6 is 11.8 Å². The molecule has 0 saturated heterocycles. The van der Waals surface area contributed by atoms with E-state index in [-0.39, 0.29) is 5.82 Å². The molecule has 1 aliphatic rings. The van der Waals surface area contributed by atoms with Gasteiger partial charge in [0, 0.05) is 12.8 Å². The van der Waals surface area contributed by atoms with E-state index >= 15 is 0 Å². The van der Waals surface area contributed by atoms with Gasteiger partial charge < -0.3 is 0 Å². The molecule has 112 valence electrons.